The van der Waals surface area contributed by atoms with Gasteiger partial charge in [0.05, 0.1) is 5.56 Å². The third kappa shape index (κ3) is 4.86. The lowest BCUT2D eigenvalue weighted by molar-refractivity contribution is -0.140. The summed E-state index contributed by atoms with van der Waals surface area (Å²) in [6, 6.07) is 12.8. The highest BCUT2D eigenvalue weighted by Crippen LogP contribution is 2.30. The molecule has 170 valence electrons. The lowest BCUT2D eigenvalue weighted by Crippen LogP contribution is -2.46. The average Bonchev–Trinajstić information content (AvgIpc) is 2.98. The Morgan fingerprint density at radius 2 is 1.78 bits per heavy atom. The van der Waals surface area contributed by atoms with Crippen molar-refractivity contribution in [2.75, 3.05) is 13.6 Å². The van der Waals surface area contributed by atoms with Gasteiger partial charge in [0.2, 0.25) is 11.8 Å². The van der Waals surface area contributed by atoms with Gasteiger partial charge < -0.3 is 10.2 Å². The minimum atomic E-state index is -3.91. The lowest BCUT2D eigenvalue weighted by atomic mass is 10.1. The summed E-state index contributed by atoms with van der Waals surface area (Å²) in [4.78, 5) is 39.2. The first-order valence-corrected chi connectivity index (χ1v) is 12.3. The van der Waals surface area contributed by atoms with E-state index in [2.05, 4.69) is 21.2 Å². The summed E-state index contributed by atoms with van der Waals surface area (Å²) in [5.41, 5.74) is 0.994. The molecule has 3 rings (SSSR count). The molecule has 2 aromatic rings. The van der Waals surface area contributed by atoms with Crippen molar-refractivity contribution in [2.45, 2.75) is 37.2 Å². The van der Waals surface area contributed by atoms with Gasteiger partial charge >= 0.3 is 0 Å². The standard InChI is InChI=1S/C22H24BrN3O5S/c1-15(21(28)24-2)25(14-16-9-11-17(23)12-10-16)20(27)8-5-13-26-22(29)18-6-3-4-7-19(18)32(26,30)31/h3-4,6-7,9-12,15H,5,8,13-14H2,1-2H3,(H,24,28). The summed E-state index contributed by atoms with van der Waals surface area (Å²) in [6.45, 7) is 1.76. The Hall–Kier alpha value is -2.72. The average molecular weight is 522 g/mol. The first kappa shape index (κ1) is 23.9. The van der Waals surface area contributed by atoms with Gasteiger partial charge in [0.1, 0.15) is 10.9 Å². The highest BCUT2D eigenvalue weighted by atomic mass is 79.9. The molecular formula is C22H24BrN3O5S. The Balaban J connectivity index is 1.69. The van der Waals surface area contributed by atoms with Crippen LogP contribution in [0.1, 0.15) is 35.7 Å². The van der Waals surface area contributed by atoms with Crippen LogP contribution in [0.2, 0.25) is 0 Å². The monoisotopic (exact) mass is 521 g/mol. The van der Waals surface area contributed by atoms with E-state index in [4.69, 9.17) is 0 Å². The van der Waals surface area contributed by atoms with Crippen LogP contribution in [0.3, 0.4) is 0 Å². The predicted octanol–water partition coefficient (Wildman–Crippen LogP) is 2.54. The van der Waals surface area contributed by atoms with Gasteiger partial charge in [0, 0.05) is 31.0 Å². The smallest absolute Gasteiger partial charge is 0.269 e. The number of benzene rings is 2. The fourth-order valence-electron chi connectivity index (χ4n) is 3.55. The van der Waals surface area contributed by atoms with Gasteiger partial charge in [-0.2, -0.15) is 0 Å². The zero-order chi connectivity index (χ0) is 23.5. The normalized spacial score (nSPS) is 15.2. The molecule has 8 nitrogen and oxygen atoms in total. The number of hydrogen-bond donors (Lipinski definition) is 1. The van der Waals surface area contributed by atoms with E-state index in [1.165, 1.54) is 24.1 Å². The third-order valence-electron chi connectivity index (χ3n) is 5.34. The molecule has 1 atom stereocenters. The summed E-state index contributed by atoms with van der Waals surface area (Å²) >= 11 is 3.37. The van der Waals surface area contributed by atoms with Crippen LogP contribution in [0.15, 0.2) is 57.9 Å². The summed E-state index contributed by atoms with van der Waals surface area (Å²) < 4.78 is 27.0. The highest BCUT2D eigenvalue weighted by Gasteiger charge is 2.40. The second-order valence-electron chi connectivity index (χ2n) is 7.42. The zero-order valence-corrected chi connectivity index (χ0v) is 20.1. The van der Waals surface area contributed by atoms with Gasteiger partial charge in [-0.15, -0.1) is 0 Å². The Kier molecular flexibility index (Phi) is 7.35. The molecule has 0 fully saturated rings. The summed E-state index contributed by atoms with van der Waals surface area (Å²) in [7, 11) is -2.41. The summed E-state index contributed by atoms with van der Waals surface area (Å²) in [6.07, 6.45) is 0.141. The number of amides is 3. The van der Waals surface area contributed by atoms with Crippen molar-refractivity contribution in [1.82, 2.24) is 14.5 Å². The van der Waals surface area contributed by atoms with E-state index in [1.807, 2.05) is 24.3 Å². The maximum Gasteiger partial charge on any atom is 0.269 e. The Morgan fingerprint density at radius 1 is 1.12 bits per heavy atom. The maximum absolute atomic E-state index is 13.0. The molecule has 0 radical (unpaired) electrons. The molecule has 32 heavy (non-hydrogen) atoms. The number of rotatable bonds is 8. The van der Waals surface area contributed by atoms with E-state index in [-0.39, 0.29) is 48.2 Å². The van der Waals surface area contributed by atoms with E-state index in [0.29, 0.717) is 0 Å². The number of halogens is 1. The molecule has 0 aliphatic carbocycles. The molecule has 0 saturated carbocycles. The molecule has 0 saturated heterocycles. The van der Waals surface area contributed by atoms with Crippen molar-refractivity contribution >= 4 is 43.7 Å². The molecule has 0 bridgehead atoms. The number of hydrogen-bond acceptors (Lipinski definition) is 5. The number of nitrogens with zero attached hydrogens (tertiary/aromatic N) is 2. The van der Waals surface area contributed by atoms with Gasteiger partial charge in [-0.05, 0) is 43.2 Å². The van der Waals surface area contributed by atoms with Crippen molar-refractivity contribution < 1.29 is 22.8 Å². The highest BCUT2D eigenvalue weighted by molar-refractivity contribution is 9.10. The SMILES string of the molecule is CNC(=O)C(C)N(Cc1ccc(Br)cc1)C(=O)CCCN1C(=O)c2ccccc2S1(=O)=O. The van der Waals surface area contributed by atoms with Crippen molar-refractivity contribution in [1.29, 1.82) is 0 Å². The minimum Gasteiger partial charge on any atom is -0.357 e. The lowest BCUT2D eigenvalue weighted by Gasteiger charge is -2.28. The summed E-state index contributed by atoms with van der Waals surface area (Å²) in [5, 5.41) is 2.55. The molecule has 3 amide bonds. The molecule has 1 heterocycles. The second-order valence-corrected chi connectivity index (χ2v) is 10.2. The number of carbonyl (C=O) groups excluding carboxylic acids is 3. The van der Waals surface area contributed by atoms with E-state index in [1.54, 1.807) is 19.1 Å². The van der Waals surface area contributed by atoms with Gasteiger partial charge in [0.25, 0.3) is 15.9 Å². The van der Waals surface area contributed by atoms with E-state index in [0.717, 1.165) is 14.3 Å². The first-order valence-electron chi connectivity index (χ1n) is 10.1. The molecule has 0 spiro atoms. The summed E-state index contributed by atoms with van der Waals surface area (Å²) in [5.74, 6) is -1.19. The Morgan fingerprint density at radius 3 is 2.41 bits per heavy atom. The number of sulfonamides is 1. The fraction of sp³-hybridized carbons (Fsp3) is 0.318. The van der Waals surface area contributed by atoms with Gasteiger partial charge in [-0.1, -0.05) is 40.2 Å². The fourth-order valence-corrected chi connectivity index (χ4v) is 5.42. The van der Waals surface area contributed by atoms with Crippen molar-refractivity contribution in [3.8, 4) is 0 Å². The number of nitrogens with one attached hydrogen (secondary N) is 1. The van der Waals surface area contributed by atoms with Crippen LogP contribution in [0.4, 0.5) is 0 Å². The number of fused-ring (bicyclic) bond motifs is 1. The quantitative estimate of drug-likeness (QED) is 0.574. The van der Waals surface area contributed by atoms with Crippen LogP contribution in [0.25, 0.3) is 0 Å². The number of likely N-dealkylation sites (N-methyl/N-ethyl adjacent to an activating group) is 1. The van der Waals surface area contributed by atoms with E-state index in [9.17, 15) is 22.8 Å². The molecule has 2 aromatic carbocycles. The Labute approximate surface area is 195 Å². The van der Waals surface area contributed by atoms with Gasteiger partial charge in [-0.25, -0.2) is 12.7 Å². The van der Waals surface area contributed by atoms with Crippen molar-refractivity contribution in [3.63, 3.8) is 0 Å². The van der Waals surface area contributed by atoms with Crippen LogP contribution >= 0.6 is 15.9 Å². The van der Waals surface area contributed by atoms with E-state index < -0.39 is 22.0 Å². The zero-order valence-electron chi connectivity index (χ0n) is 17.7. The molecular weight excluding hydrogens is 498 g/mol. The number of carbonyl (C=O) groups is 3. The molecule has 1 unspecified atom stereocenters. The second kappa shape index (κ2) is 9.83. The van der Waals surface area contributed by atoms with Crippen LogP contribution in [-0.4, -0.2) is 55.0 Å². The van der Waals surface area contributed by atoms with Crippen LogP contribution in [0.5, 0.6) is 0 Å². The first-order chi connectivity index (χ1) is 15.2. The Bertz CT molecular complexity index is 1130. The van der Waals surface area contributed by atoms with Gasteiger partial charge in [-0.3, -0.25) is 14.4 Å². The molecule has 1 aliphatic heterocycles. The topological polar surface area (TPSA) is 104 Å². The largest absolute Gasteiger partial charge is 0.357 e. The third-order valence-corrected chi connectivity index (χ3v) is 7.71. The molecule has 10 heteroatoms. The van der Waals surface area contributed by atoms with Crippen molar-refractivity contribution in [3.05, 3.63) is 64.1 Å². The minimum absolute atomic E-state index is 0.00644. The molecule has 1 aliphatic rings. The van der Waals surface area contributed by atoms with Gasteiger partial charge in [0.15, 0.2) is 0 Å². The van der Waals surface area contributed by atoms with Crippen LogP contribution in [-0.2, 0) is 26.2 Å². The van der Waals surface area contributed by atoms with Crippen molar-refractivity contribution in [2.24, 2.45) is 0 Å². The molecule has 0 aromatic heterocycles. The predicted molar refractivity (Wildman–Crippen MR) is 122 cm³/mol. The molecule has 1 N–H and O–H groups in total. The maximum atomic E-state index is 13.0. The van der Waals surface area contributed by atoms with Crippen LogP contribution < -0.4 is 5.32 Å². The van der Waals surface area contributed by atoms with Crippen LogP contribution in [0, 0.1) is 0 Å². The van der Waals surface area contributed by atoms with E-state index >= 15 is 0 Å².